The first-order chi connectivity index (χ1) is 11.6. The minimum absolute atomic E-state index is 0.0875. The van der Waals surface area contributed by atoms with Crippen molar-refractivity contribution in [3.8, 4) is 11.3 Å². The SMILES string of the molecule is NC1=NCC2C=CC(c3cccnc3-c3ccc(F)c(Cl)c3)=CC12. The van der Waals surface area contributed by atoms with E-state index in [1.165, 1.54) is 6.07 Å². The Labute approximate surface area is 144 Å². The van der Waals surface area contributed by atoms with Crippen LogP contribution in [0.3, 0.4) is 0 Å². The number of hydrogen-bond donors (Lipinski definition) is 1. The molecule has 0 saturated heterocycles. The average Bonchev–Trinajstić information content (AvgIpc) is 2.98. The molecule has 2 heterocycles. The molecule has 2 atom stereocenters. The third kappa shape index (κ3) is 2.53. The molecule has 2 unspecified atom stereocenters. The maximum Gasteiger partial charge on any atom is 0.141 e. The molecule has 0 radical (unpaired) electrons. The summed E-state index contributed by atoms with van der Waals surface area (Å²) in [6.07, 6.45) is 8.10. The topological polar surface area (TPSA) is 51.3 Å². The zero-order valence-corrected chi connectivity index (χ0v) is 13.5. The van der Waals surface area contributed by atoms with Gasteiger partial charge in [0.25, 0.3) is 0 Å². The fraction of sp³-hybridized carbons (Fsp3) is 0.158. The highest BCUT2D eigenvalue weighted by Gasteiger charge is 2.29. The fourth-order valence-corrected chi connectivity index (χ4v) is 3.39. The van der Waals surface area contributed by atoms with Gasteiger partial charge in [0, 0.05) is 35.7 Å². The van der Waals surface area contributed by atoms with E-state index in [0.29, 0.717) is 11.8 Å². The highest BCUT2D eigenvalue weighted by atomic mass is 35.5. The van der Waals surface area contributed by atoms with Crippen molar-refractivity contribution >= 4 is 23.0 Å². The molecule has 4 rings (SSSR count). The Balaban J connectivity index is 1.80. The van der Waals surface area contributed by atoms with Crippen molar-refractivity contribution in [3.05, 3.63) is 71.2 Å². The first-order valence-corrected chi connectivity index (χ1v) is 8.12. The molecule has 24 heavy (non-hydrogen) atoms. The van der Waals surface area contributed by atoms with Crippen molar-refractivity contribution < 1.29 is 4.39 Å². The molecule has 0 spiro atoms. The van der Waals surface area contributed by atoms with Gasteiger partial charge in [0.1, 0.15) is 11.7 Å². The lowest BCUT2D eigenvalue weighted by Crippen LogP contribution is -2.24. The Hall–Kier alpha value is -2.46. The summed E-state index contributed by atoms with van der Waals surface area (Å²) >= 11 is 5.93. The Bertz CT molecular complexity index is 901. The number of nitrogens with zero attached hydrogens (tertiary/aromatic N) is 2. The van der Waals surface area contributed by atoms with E-state index in [1.54, 1.807) is 18.3 Å². The van der Waals surface area contributed by atoms with Crippen LogP contribution < -0.4 is 5.73 Å². The van der Waals surface area contributed by atoms with Gasteiger partial charge in [-0.15, -0.1) is 0 Å². The molecule has 1 aromatic heterocycles. The molecule has 0 amide bonds. The second kappa shape index (κ2) is 5.87. The number of halogens is 2. The number of amidine groups is 1. The number of allylic oxidation sites excluding steroid dienone is 2. The van der Waals surface area contributed by atoms with E-state index in [1.807, 2.05) is 12.1 Å². The number of aliphatic imine (C=N–C) groups is 1. The second-order valence-corrected chi connectivity index (χ2v) is 6.37. The van der Waals surface area contributed by atoms with Crippen LogP contribution in [0.2, 0.25) is 5.02 Å². The molecule has 1 aromatic carbocycles. The van der Waals surface area contributed by atoms with E-state index >= 15 is 0 Å². The zero-order chi connectivity index (χ0) is 16.7. The molecule has 2 aromatic rings. The third-order valence-electron chi connectivity index (χ3n) is 4.48. The molecule has 0 bridgehead atoms. The van der Waals surface area contributed by atoms with Gasteiger partial charge in [-0.3, -0.25) is 9.98 Å². The molecule has 0 saturated carbocycles. The van der Waals surface area contributed by atoms with Gasteiger partial charge in [-0.05, 0) is 29.8 Å². The molecule has 5 heteroatoms. The predicted octanol–water partition coefficient (Wildman–Crippen LogP) is 4.10. The first kappa shape index (κ1) is 15.1. The van der Waals surface area contributed by atoms with Crippen molar-refractivity contribution in [2.24, 2.45) is 22.6 Å². The molecule has 1 aliphatic heterocycles. The Morgan fingerprint density at radius 2 is 2.12 bits per heavy atom. The fourth-order valence-electron chi connectivity index (χ4n) is 3.21. The summed E-state index contributed by atoms with van der Waals surface area (Å²) in [6, 6.07) is 8.53. The maximum atomic E-state index is 13.5. The molecular weight excluding hydrogens is 325 g/mol. The van der Waals surface area contributed by atoms with Crippen molar-refractivity contribution in [2.45, 2.75) is 0 Å². The van der Waals surface area contributed by atoms with E-state index in [9.17, 15) is 4.39 Å². The summed E-state index contributed by atoms with van der Waals surface area (Å²) in [7, 11) is 0. The van der Waals surface area contributed by atoms with Gasteiger partial charge in [0.05, 0.1) is 10.7 Å². The lowest BCUT2D eigenvalue weighted by molar-refractivity contribution is 0.628. The Morgan fingerprint density at radius 3 is 2.96 bits per heavy atom. The van der Waals surface area contributed by atoms with Crippen molar-refractivity contribution in [1.82, 2.24) is 4.98 Å². The number of hydrogen-bond acceptors (Lipinski definition) is 3. The van der Waals surface area contributed by atoms with E-state index in [-0.39, 0.29) is 10.9 Å². The van der Waals surface area contributed by atoms with E-state index in [4.69, 9.17) is 17.3 Å². The van der Waals surface area contributed by atoms with Crippen LogP contribution in [0.5, 0.6) is 0 Å². The van der Waals surface area contributed by atoms with Crippen molar-refractivity contribution in [1.29, 1.82) is 0 Å². The quantitative estimate of drug-likeness (QED) is 0.895. The van der Waals surface area contributed by atoms with Gasteiger partial charge in [-0.25, -0.2) is 4.39 Å². The zero-order valence-electron chi connectivity index (χ0n) is 12.8. The highest BCUT2D eigenvalue weighted by Crippen LogP contribution is 2.36. The third-order valence-corrected chi connectivity index (χ3v) is 4.77. The number of benzene rings is 1. The number of pyridine rings is 1. The molecule has 120 valence electrons. The monoisotopic (exact) mass is 339 g/mol. The number of aromatic nitrogens is 1. The van der Waals surface area contributed by atoms with Gasteiger partial charge in [-0.2, -0.15) is 0 Å². The Morgan fingerprint density at radius 1 is 1.25 bits per heavy atom. The normalized spacial score (nSPS) is 22.1. The largest absolute Gasteiger partial charge is 0.387 e. The lowest BCUT2D eigenvalue weighted by atomic mass is 9.84. The average molecular weight is 340 g/mol. The molecule has 0 fully saturated rings. The first-order valence-electron chi connectivity index (χ1n) is 7.74. The number of rotatable bonds is 2. The van der Waals surface area contributed by atoms with E-state index < -0.39 is 5.82 Å². The molecule has 3 nitrogen and oxygen atoms in total. The summed E-state index contributed by atoms with van der Waals surface area (Å²) < 4.78 is 13.5. The summed E-state index contributed by atoms with van der Waals surface area (Å²) in [4.78, 5) is 8.82. The highest BCUT2D eigenvalue weighted by molar-refractivity contribution is 6.31. The smallest absolute Gasteiger partial charge is 0.141 e. The maximum absolute atomic E-state index is 13.5. The van der Waals surface area contributed by atoms with Gasteiger partial charge >= 0.3 is 0 Å². The molecular formula is C19H15ClFN3. The standard InChI is InChI=1S/C19H15ClFN3/c20-16-9-12(5-6-17(16)21)18-14(2-1-7-23-18)11-3-4-13-10-24-19(22)15(13)8-11/h1-9,13,15H,10H2,(H2,22,24). The second-order valence-electron chi connectivity index (χ2n) is 5.96. The van der Waals surface area contributed by atoms with E-state index in [2.05, 4.69) is 28.2 Å². The van der Waals surface area contributed by atoms with Crippen LogP contribution in [0.1, 0.15) is 5.56 Å². The molecule has 2 N–H and O–H groups in total. The van der Waals surface area contributed by atoms with Crippen LogP contribution in [-0.4, -0.2) is 17.4 Å². The number of nitrogens with two attached hydrogens (primary N) is 1. The minimum atomic E-state index is -0.438. The lowest BCUT2D eigenvalue weighted by Gasteiger charge is -2.20. The molecule has 1 aliphatic carbocycles. The summed E-state index contributed by atoms with van der Waals surface area (Å²) in [6.45, 7) is 0.740. The predicted molar refractivity (Wildman–Crippen MR) is 95.2 cm³/mol. The summed E-state index contributed by atoms with van der Waals surface area (Å²) in [5.74, 6) is 0.716. The summed E-state index contributed by atoms with van der Waals surface area (Å²) in [5.41, 5.74) is 9.57. The van der Waals surface area contributed by atoms with Crippen LogP contribution in [0.25, 0.3) is 16.8 Å². The van der Waals surface area contributed by atoms with Gasteiger partial charge < -0.3 is 5.73 Å². The van der Waals surface area contributed by atoms with Crippen LogP contribution in [0, 0.1) is 17.7 Å². The van der Waals surface area contributed by atoms with Crippen LogP contribution >= 0.6 is 11.6 Å². The Kier molecular flexibility index (Phi) is 3.69. The number of fused-ring (bicyclic) bond motifs is 1. The van der Waals surface area contributed by atoms with Crippen LogP contribution in [0.15, 0.2) is 59.7 Å². The van der Waals surface area contributed by atoms with Gasteiger partial charge in [-0.1, -0.05) is 35.9 Å². The van der Waals surface area contributed by atoms with Crippen molar-refractivity contribution in [3.63, 3.8) is 0 Å². The van der Waals surface area contributed by atoms with Gasteiger partial charge in [0.15, 0.2) is 0 Å². The molecule has 2 aliphatic rings. The van der Waals surface area contributed by atoms with E-state index in [0.717, 1.165) is 28.9 Å². The van der Waals surface area contributed by atoms with Crippen molar-refractivity contribution in [2.75, 3.05) is 6.54 Å². The minimum Gasteiger partial charge on any atom is -0.387 e. The van der Waals surface area contributed by atoms with Gasteiger partial charge in [0.2, 0.25) is 0 Å². The summed E-state index contributed by atoms with van der Waals surface area (Å²) in [5, 5.41) is 0.0875. The van der Waals surface area contributed by atoms with Crippen LogP contribution in [-0.2, 0) is 0 Å². The van der Waals surface area contributed by atoms with Crippen LogP contribution in [0.4, 0.5) is 4.39 Å².